The molecule has 0 saturated heterocycles. The number of methoxy groups -OCH3 is 2. The van der Waals surface area contributed by atoms with Crippen LogP contribution < -0.4 is 25.4 Å². The molecule has 0 amide bonds. The van der Waals surface area contributed by atoms with Crippen LogP contribution in [0.2, 0.25) is 0 Å². The Morgan fingerprint density at radius 2 is 1.37 bits per heavy atom. The lowest BCUT2D eigenvalue weighted by Crippen LogP contribution is -2.26. The molecule has 0 atom stereocenters. The summed E-state index contributed by atoms with van der Waals surface area (Å²) < 4.78 is 11.6. The van der Waals surface area contributed by atoms with Gasteiger partial charge < -0.3 is 14.8 Å². The van der Waals surface area contributed by atoms with Crippen molar-refractivity contribution >= 4 is 30.3 Å². The van der Waals surface area contributed by atoms with Gasteiger partial charge in [0.25, 0.3) is 0 Å². The Hall–Kier alpha value is -1.22. The smallest absolute Gasteiger partial charge is 0.126 e. The zero-order valence-corrected chi connectivity index (χ0v) is 18.8. The van der Waals surface area contributed by atoms with Crippen molar-refractivity contribution in [1.82, 2.24) is 5.32 Å². The van der Waals surface area contributed by atoms with Crippen molar-refractivity contribution in [1.29, 1.82) is 0 Å². The second kappa shape index (κ2) is 10.9. The maximum atomic E-state index is 5.66. The Morgan fingerprint density at radius 1 is 0.852 bits per heavy atom. The Kier molecular flexibility index (Phi) is 8.95. The molecule has 0 spiro atoms. The molecule has 3 nitrogen and oxygen atoms in total. The first kappa shape index (κ1) is 22.1. The Balaban J connectivity index is 2.11. The zero-order valence-electron chi connectivity index (χ0n) is 17.1. The van der Waals surface area contributed by atoms with Gasteiger partial charge in [0.1, 0.15) is 11.5 Å². The number of ether oxygens (including phenoxy) is 2. The number of benzene rings is 2. The van der Waals surface area contributed by atoms with Gasteiger partial charge in [-0.15, -0.1) is 0 Å². The molecular weight excluding hydrogens is 373 g/mol. The van der Waals surface area contributed by atoms with E-state index in [1.807, 2.05) is 36.0 Å². The van der Waals surface area contributed by atoms with Crippen molar-refractivity contribution in [2.75, 3.05) is 39.2 Å². The van der Waals surface area contributed by atoms with Gasteiger partial charge in [-0.05, 0) is 32.8 Å². The molecule has 0 heterocycles. The van der Waals surface area contributed by atoms with Crippen LogP contribution in [0.1, 0.15) is 20.8 Å². The molecule has 1 N–H and O–H groups in total. The summed E-state index contributed by atoms with van der Waals surface area (Å²) in [6.45, 7) is 8.80. The summed E-state index contributed by atoms with van der Waals surface area (Å²) in [7, 11) is 2.93. The number of thioether (sulfide) groups is 1. The van der Waals surface area contributed by atoms with Crippen molar-refractivity contribution < 1.29 is 9.47 Å². The highest BCUT2D eigenvalue weighted by atomic mass is 32.2. The highest BCUT2D eigenvalue weighted by molar-refractivity contribution is 8.00. The molecular formula is C22H32NO2PS. The molecule has 0 unspecified atom stereocenters. The highest BCUT2D eigenvalue weighted by Crippen LogP contribution is 2.39. The Morgan fingerprint density at radius 3 is 1.85 bits per heavy atom. The number of nitrogens with one attached hydrogen (secondary N) is 1. The monoisotopic (exact) mass is 405 g/mol. The largest absolute Gasteiger partial charge is 0.496 e. The molecule has 5 heteroatoms. The van der Waals surface area contributed by atoms with Crippen LogP contribution in [0, 0.1) is 0 Å². The minimum Gasteiger partial charge on any atom is -0.496 e. The lowest BCUT2D eigenvalue weighted by molar-refractivity contribution is 0.417. The van der Waals surface area contributed by atoms with E-state index >= 15 is 0 Å². The van der Waals surface area contributed by atoms with Crippen molar-refractivity contribution in [3.8, 4) is 11.5 Å². The van der Waals surface area contributed by atoms with Gasteiger partial charge >= 0.3 is 0 Å². The van der Waals surface area contributed by atoms with Crippen molar-refractivity contribution in [3.63, 3.8) is 0 Å². The van der Waals surface area contributed by atoms with E-state index in [4.69, 9.17) is 9.47 Å². The van der Waals surface area contributed by atoms with E-state index in [1.54, 1.807) is 14.2 Å². The first-order chi connectivity index (χ1) is 13.0. The number of para-hydroxylation sites is 2. The molecule has 2 rings (SSSR count). The number of hydrogen-bond donors (Lipinski definition) is 1. The maximum Gasteiger partial charge on any atom is 0.126 e. The molecule has 2 aromatic carbocycles. The zero-order chi connectivity index (χ0) is 19.7. The van der Waals surface area contributed by atoms with E-state index in [1.165, 1.54) is 10.6 Å². The summed E-state index contributed by atoms with van der Waals surface area (Å²) in [5.74, 6) is 3.04. The number of rotatable bonds is 10. The van der Waals surface area contributed by atoms with Crippen LogP contribution in [0.5, 0.6) is 11.5 Å². The lowest BCUT2D eigenvalue weighted by atomic mass is 10.3. The van der Waals surface area contributed by atoms with Crippen molar-refractivity contribution in [3.05, 3.63) is 48.5 Å². The van der Waals surface area contributed by atoms with E-state index in [0.29, 0.717) is 4.75 Å². The van der Waals surface area contributed by atoms with Crippen molar-refractivity contribution in [2.24, 2.45) is 0 Å². The van der Waals surface area contributed by atoms with E-state index in [-0.39, 0.29) is 0 Å². The van der Waals surface area contributed by atoms with E-state index in [2.05, 4.69) is 50.4 Å². The van der Waals surface area contributed by atoms with Gasteiger partial charge in [-0.2, -0.15) is 11.8 Å². The van der Waals surface area contributed by atoms with Gasteiger partial charge in [-0.3, -0.25) is 0 Å². The average Bonchev–Trinajstić information content (AvgIpc) is 2.66. The molecule has 0 bridgehead atoms. The van der Waals surface area contributed by atoms with Crippen molar-refractivity contribution in [2.45, 2.75) is 25.5 Å². The second-order valence-corrected chi connectivity index (χ2v) is 11.4. The summed E-state index contributed by atoms with van der Waals surface area (Å²) in [4.78, 5) is 0. The predicted molar refractivity (Wildman–Crippen MR) is 122 cm³/mol. The minimum absolute atomic E-state index is 0.323. The molecule has 0 aromatic heterocycles. The summed E-state index contributed by atoms with van der Waals surface area (Å²) in [5, 5.41) is 6.15. The molecule has 0 saturated carbocycles. The second-order valence-electron chi connectivity index (χ2n) is 7.21. The summed E-state index contributed by atoms with van der Waals surface area (Å²) in [6, 6.07) is 16.7. The van der Waals surface area contributed by atoms with Crippen LogP contribution in [0.15, 0.2) is 48.5 Å². The van der Waals surface area contributed by atoms with Crippen LogP contribution in [0.4, 0.5) is 0 Å². The SMILES string of the molecule is COc1ccccc1P(CCNCCSC(C)(C)C)c1ccccc1OC. The third-order valence-corrected chi connectivity index (χ3v) is 7.93. The molecule has 0 aliphatic heterocycles. The fraction of sp³-hybridized carbons (Fsp3) is 0.455. The van der Waals surface area contributed by atoms with Gasteiger partial charge in [0, 0.05) is 27.7 Å². The third-order valence-electron chi connectivity index (χ3n) is 4.08. The first-order valence-electron chi connectivity index (χ1n) is 9.34. The molecule has 0 radical (unpaired) electrons. The van der Waals surface area contributed by atoms with Crippen LogP contribution in [-0.2, 0) is 0 Å². The standard InChI is InChI=1S/C22H32NO2PS/c1-22(2,3)27-17-15-23-14-16-26(20-12-8-6-10-18(20)24-4)21-13-9-7-11-19(21)25-5/h6-13,23H,14-17H2,1-5H3. The van der Waals surface area contributed by atoms with E-state index in [9.17, 15) is 0 Å². The van der Waals surface area contributed by atoms with Crippen LogP contribution in [-0.4, -0.2) is 44.0 Å². The van der Waals surface area contributed by atoms with E-state index < -0.39 is 7.92 Å². The fourth-order valence-corrected chi connectivity index (χ4v) is 6.20. The number of hydrogen-bond acceptors (Lipinski definition) is 4. The molecule has 148 valence electrons. The molecule has 0 fully saturated rings. The van der Waals surface area contributed by atoms with Crippen LogP contribution in [0.3, 0.4) is 0 Å². The van der Waals surface area contributed by atoms with Gasteiger partial charge in [0.2, 0.25) is 0 Å². The summed E-state index contributed by atoms with van der Waals surface area (Å²) >= 11 is 2.00. The predicted octanol–water partition coefficient (Wildman–Crippen LogP) is 4.26. The molecule has 27 heavy (non-hydrogen) atoms. The molecule has 0 aliphatic rings. The van der Waals surface area contributed by atoms with Crippen LogP contribution in [0.25, 0.3) is 0 Å². The highest BCUT2D eigenvalue weighted by Gasteiger charge is 2.20. The van der Waals surface area contributed by atoms with Gasteiger partial charge in [-0.25, -0.2) is 0 Å². The maximum absolute atomic E-state index is 5.66. The van der Waals surface area contributed by atoms with Gasteiger partial charge in [0.05, 0.1) is 14.2 Å². The quantitative estimate of drug-likeness (QED) is 0.473. The summed E-state index contributed by atoms with van der Waals surface area (Å²) in [6.07, 6.45) is 1.05. The van der Waals surface area contributed by atoms with Crippen LogP contribution >= 0.6 is 19.7 Å². The molecule has 0 aliphatic carbocycles. The van der Waals surface area contributed by atoms with Gasteiger partial charge in [0.15, 0.2) is 0 Å². The lowest BCUT2D eigenvalue weighted by Gasteiger charge is -2.23. The Bertz CT molecular complexity index is 655. The van der Waals surface area contributed by atoms with Gasteiger partial charge in [-0.1, -0.05) is 57.2 Å². The minimum atomic E-state index is -0.567. The average molecular weight is 406 g/mol. The molecule has 2 aromatic rings. The van der Waals surface area contributed by atoms with E-state index in [0.717, 1.165) is 36.5 Å². The normalized spacial score (nSPS) is 11.6. The topological polar surface area (TPSA) is 30.5 Å². The third kappa shape index (κ3) is 7.03. The first-order valence-corrected chi connectivity index (χ1v) is 11.9. The Labute approximate surface area is 170 Å². The fourth-order valence-electron chi connectivity index (χ4n) is 2.82. The summed E-state index contributed by atoms with van der Waals surface area (Å²) in [5.41, 5.74) is 0.